The molecule has 1 aliphatic rings. The highest BCUT2D eigenvalue weighted by molar-refractivity contribution is 6.35. The number of rotatable bonds is 11. The molecule has 3 atom stereocenters. The first kappa shape index (κ1) is 27.6. The molecular weight excluding hydrogens is 514 g/mol. The molecular formula is C29H33Cl2FN2O3. The van der Waals surface area contributed by atoms with Crippen molar-refractivity contribution in [1.29, 1.82) is 0 Å². The Morgan fingerprint density at radius 1 is 1.22 bits per heavy atom. The third kappa shape index (κ3) is 7.13. The van der Waals surface area contributed by atoms with Crippen molar-refractivity contribution in [3.05, 3.63) is 69.8 Å². The van der Waals surface area contributed by atoms with Gasteiger partial charge in [0.15, 0.2) is 0 Å². The van der Waals surface area contributed by atoms with Crippen LogP contribution in [0.25, 0.3) is 10.9 Å². The Balaban J connectivity index is 1.35. The lowest BCUT2D eigenvalue weighted by atomic mass is 9.79. The molecule has 5 nitrogen and oxygen atoms in total. The highest BCUT2D eigenvalue weighted by atomic mass is 35.5. The maximum atomic E-state index is 15.5. The number of likely N-dealkylation sites (tertiary alicyclic amines) is 1. The predicted molar refractivity (Wildman–Crippen MR) is 146 cm³/mol. The number of ether oxygens (including phenoxy) is 1. The van der Waals surface area contributed by atoms with Crippen LogP contribution < -0.4 is 4.74 Å². The number of hydrogen-bond donors (Lipinski definition) is 1. The summed E-state index contributed by atoms with van der Waals surface area (Å²) in [5.41, 5.74) is 2.29. The SMILES string of the molecule is COc1ccc2nccc(C(F)CC[C@@H]3CCN(CCCc4c(Cl)cccc4Cl)C[C@@H]3CC(=O)O)c2c1. The van der Waals surface area contributed by atoms with Gasteiger partial charge in [-0.15, -0.1) is 0 Å². The minimum absolute atomic E-state index is 0.00312. The molecule has 0 spiro atoms. The molecule has 1 N–H and O–H groups in total. The minimum atomic E-state index is -1.15. The van der Waals surface area contributed by atoms with Gasteiger partial charge in [0.2, 0.25) is 0 Å². The number of alkyl halides is 1. The molecule has 2 heterocycles. The van der Waals surface area contributed by atoms with E-state index in [2.05, 4.69) is 9.88 Å². The Hall–Kier alpha value is -2.41. The normalized spacial score (nSPS) is 19.1. The van der Waals surface area contributed by atoms with Gasteiger partial charge in [-0.1, -0.05) is 29.3 Å². The van der Waals surface area contributed by atoms with Gasteiger partial charge in [0, 0.05) is 34.6 Å². The number of carboxylic acids is 1. The first-order chi connectivity index (χ1) is 17.9. The summed E-state index contributed by atoms with van der Waals surface area (Å²) in [6.45, 7) is 2.43. The maximum absolute atomic E-state index is 15.5. The molecule has 1 aromatic heterocycles. The topological polar surface area (TPSA) is 62.7 Å². The van der Waals surface area contributed by atoms with Crippen LogP contribution in [0.5, 0.6) is 5.75 Å². The van der Waals surface area contributed by atoms with Crippen LogP contribution in [-0.2, 0) is 11.2 Å². The zero-order valence-electron chi connectivity index (χ0n) is 21.0. The largest absolute Gasteiger partial charge is 0.497 e. The summed E-state index contributed by atoms with van der Waals surface area (Å²) in [4.78, 5) is 18.3. The number of carbonyl (C=O) groups is 1. The molecule has 1 aliphatic heterocycles. The molecule has 0 radical (unpaired) electrons. The van der Waals surface area contributed by atoms with E-state index in [0.29, 0.717) is 40.7 Å². The number of benzene rings is 2. The van der Waals surface area contributed by atoms with Crippen LogP contribution in [0.15, 0.2) is 48.7 Å². The third-order valence-corrected chi connectivity index (χ3v) is 8.19. The van der Waals surface area contributed by atoms with Gasteiger partial charge < -0.3 is 14.7 Å². The Morgan fingerprint density at radius 2 is 2.00 bits per heavy atom. The van der Waals surface area contributed by atoms with Crippen LogP contribution in [-0.4, -0.2) is 47.7 Å². The summed E-state index contributed by atoms with van der Waals surface area (Å²) in [6.07, 6.45) is 4.11. The molecule has 0 aliphatic carbocycles. The molecule has 1 unspecified atom stereocenters. The third-order valence-electron chi connectivity index (χ3n) is 7.49. The lowest BCUT2D eigenvalue weighted by Crippen LogP contribution is -2.42. The van der Waals surface area contributed by atoms with Crippen molar-refractivity contribution in [1.82, 2.24) is 9.88 Å². The van der Waals surface area contributed by atoms with E-state index in [1.165, 1.54) is 0 Å². The lowest BCUT2D eigenvalue weighted by Gasteiger charge is -2.38. The summed E-state index contributed by atoms with van der Waals surface area (Å²) >= 11 is 12.6. The molecule has 4 rings (SSSR count). The summed E-state index contributed by atoms with van der Waals surface area (Å²) < 4.78 is 20.8. The number of aromatic nitrogens is 1. The molecule has 0 saturated carbocycles. The van der Waals surface area contributed by atoms with E-state index < -0.39 is 12.1 Å². The van der Waals surface area contributed by atoms with E-state index in [1.807, 2.05) is 36.4 Å². The van der Waals surface area contributed by atoms with Gasteiger partial charge in [-0.05, 0) is 105 Å². The fourth-order valence-corrected chi connectivity index (χ4v) is 6.09. The Labute approximate surface area is 227 Å². The molecule has 2 aromatic carbocycles. The Bertz CT molecular complexity index is 1200. The number of fused-ring (bicyclic) bond motifs is 1. The molecule has 1 fully saturated rings. The molecule has 0 bridgehead atoms. The average molecular weight is 547 g/mol. The van der Waals surface area contributed by atoms with Crippen LogP contribution >= 0.6 is 23.2 Å². The van der Waals surface area contributed by atoms with Crippen LogP contribution in [0, 0.1) is 11.8 Å². The molecule has 37 heavy (non-hydrogen) atoms. The summed E-state index contributed by atoms with van der Waals surface area (Å²) in [6, 6.07) is 12.7. The van der Waals surface area contributed by atoms with Gasteiger partial charge in [0.05, 0.1) is 12.6 Å². The summed E-state index contributed by atoms with van der Waals surface area (Å²) in [7, 11) is 1.59. The van der Waals surface area contributed by atoms with Gasteiger partial charge in [-0.2, -0.15) is 0 Å². The molecule has 3 aromatic rings. The first-order valence-corrected chi connectivity index (χ1v) is 13.5. The molecule has 198 valence electrons. The zero-order chi connectivity index (χ0) is 26.4. The van der Waals surface area contributed by atoms with Gasteiger partial charge in [0.25, 0.3) is 0 Å². The van der Waals surface area contributed by atoms with Crippen molar-refractivity contribution in [2.24, 2.45) is 11.8 Å². The Kier molecular flexibility index (Phi) is 9.63. The van der Waals surface area contributed by atoms with Gasteiger partial charge in [-0.25, -0.2) is 4.39 Å². The number of piperidine rings is 1. The highest BCUT2D eigenvalue weighted by Gasteiger charge is 2.31. The number of carboxylic acid groups (broad SMARTS) is 1. The smallest absolute Gasteiger partial charge is 0.303 e. The van der Waals surface area contributed by atoms with Crippen molar-refractivity contribution in [3.8, 4) is 5.75 Å². The monoisotopic (exact) mass is 546 g/mol. The van der Waals surface area contributed by atoms with E-state index in [0.717, 1.165) is 48.8 Å². The zero-order valence-corrected chi connectivity index (χ0v) is 22.5. The second-order valence-corrected chi connectivity index (χ2v) is 10.7. The number of halogens is 3. The quantitative estimate of drug-likeness (QED) is 0.271. The number of hydrogen-bond acceptors (Lipinski definition) is 4. The minimum Gasteiger partial charge on any atom is -0.497 e. The molecule has 8 heteroatoms. The van der Waals surface area contributed by atoms with Crippen molar-refractivity contribution in [3.63, 3.8) is 0 Å². The first-order valence-electron chi connectivity index (χ1n) is 12.8. The standard InChI is InChI=1S/C29H33Cl2FN2O3/c1-37-21-8-10-28-24(17-21)22(11-13-33-28)27(32)9-7-19-12-15-34(18-20(19)16-29(35)36)14-3-4-23-25(30)5-2-6-26(23)31/h2,5-6,8,10-11,13,17,19-20,27H,3-4,7,9,12,14-16,18H2,1H3,(H,35,36)/t19-,20+,27?/m1/s1. The second-order valence-electron chi connectivity index (χ2n) is 9.84. The second kappa shape index (κ2) is 12.9. The van der Waals surface area contributed by atoms with Crippen LogP contribution in [0.3, 0.4) is 0 Å². The van der Waals surface area contributed by atoms with Crippen molar-refractivity contribution in [2.75, 3.05) is 26.7 Å². The lowest BCUT2D eigenvalue weighted by molar-refractivity contribution is -0.139. The number of aliphatic carboxylic acids is 1. The van der Waals surface area contributed by atoms with Gasteiger partial charge >= 0.3 is 5.97 Å². The van der Waals surface area contributed by atoms with Crippen molar-refractivity contribution in [2.45, 2.75) is 44.7 Å². The van der Waals surface area contributed by atoms with Crippen molar-refractivity contribution < 1.29 is 19.0 Å². The van der Waals surface area contributed by atoms with Gasteiger partial charge in [-0.3, -0.25) is 9.78 Å². The number of nitrogens with zero attached hydrogens (tertiary/aromatic N) is 2. The molecule has 1 saturated heterocycles. The average Bonchev–Trinajstić information content (AvgIpc) is 2.88. The van der Waals surface area contributed by atoms with Crippen LogP contribution in [0.4, 0.5) is 4.39 Å². The maximum Gasteiger partial charge on any atom is 0.303 e. The van der Waals surface area contributed by atoms with Gasteiger partial charge in [0.1, 0.15) is 11.9 Å². The van der Waals surface area contributed by atoms with Crippen molar-refractivity contribution >= 4 is 40.1 Å². The summed E-state index contributed by atoms with van der Waals surface area (Å²) in [5.74, 6) is 0.0336. The fourth-order valence-electron chi connectivity index (χ4n) is 5.51. The van der Waals surface area contributed by atoms with E-state index >= 15 is 4.39 Å². The predicted octanol–water partition coefficient (Wildman–Crippen LogP) is 7.39. The molecule has 0 amide bonds. The fraction of sp³-hybridized carbons (Fsp3) is 0.448. The summed E-state index contributed by atoms with van der Waals surface area (Å²) in [5, 5.41) is 11.6. The van der Waals surface area contributed by atoms with E-state index in [-0.39, 0.29) is 18.3 Å². The van der Waals surface area contributed by atoms with Crippen LogP contribution in [0.1, 0.15) is 49.4 Å². The highest BCUT2D eigenvalue weighted by Crippen LogP contribution is 2.36. The number of methoxy groups -OCH3 is 1. The number of pyridine rings is 1. The van der Waals surface area contributed by atoms with E-state index in [4.69, 9.17) is 27.9 Å². The van der Waals surface area contributed by atoms with Crippen LogP contribution in [0.2, 0.25) is 10.0 Å². The van der Waals surface area contributed by atoms with E-state index in [9.17, 15) is 9.90 Å². The van der Waals surface area contributed by atoms with E-state index in [1.54, 1.807) is 19.4 Å². The Morgan fingerprint density at radius 3 is 2.73 bits per heavy atom.